The molecule has 1 heterocycles. The van der Waals surface area contributed by atoms with Crippen LogP contribution in [0.25, 0.3) is 0 Å². The number of anilines is 1. The Morgan fingerprint density at radius 1 is 1.44 bits per heavy atom. The van der Waals surface area contributed by atoms with Gasteiger partial charge in [0.25, 0.3) is 0 Å². The van der Waals surface area contributed by atoms with Crippen LogP contribution in [0.1, 0.15) is 5.56 Å². The molecule has 0 saturated heterocycles. The summed E-state index contributed by atoms with van der Waals surface area (Å²) in [7, 11) is 3.89. The number of nitrogens with zero attached hydrogens (tertiary/aromatic N) is 1. The molecule has 1 atom stereocenters. The standard InChI is InChI=1S/C13H20N2O/c1-15(7-8-16-2)10-12-9-11-5-3-4-6-13(11)14-12/h3-6,12,14H,7-10H2,1-2H3. The summed E-state index contributed by atoms with van der Waals surface area (Å²) < 4.78 is 5.08. The van der Waals surface area contributed by atoms with Crippen LogP contribution in [0, 0.1) is 0 Å². The van der Waals surface area contributed by atoms with Crippen LogP contribution in [-0.4, -0.2) is 44.8 Å². The highest BCUT2D eigenvalue weighted by Gasteiger charge is 2.20. The average Bonchev–Trinajstić information content (AvgIpc) is 2.68. The molecule has 3 nitrogen and oxygen atoms in total. The van der Waals surface area contributed by atoms with Crippen molar-refractivity contribution in [3.63, 3.8) is 0 Å². The van der Waals surface area contributed by atoms with Crippen LogP contribution < -0.4 is 5.32 Å². The SMILES string of the molecule is COCCN(C)CC1Cc2ccccc2N1. The third kappa shape index (κ3) is 2.74. The van der Waals surface area contributed by atoms with Crippen LogP contribution in [0.4, 0.5) is 5.69 Å². The third-order valence-electron chi connectivity index (χ3n) is 3.05. The molecule has 0 aliphatic carbocycles. The second kappa shape index (κ2) is 5.32. The summed E-state index contributed by atoms with van der Waals surface area (Å²) >= 11 is 0. The molecule has 1 unspecified atom stereocenters. The van der Waals surface area contributed by atoms with Gasteiger partial charge in [-0.1, -0.05) is 18.2 Å². The minimum atomic E-state index is 0.541. The van der Waals surface area contributed by atoms with Gasteiger partial charge < -0.3 is 15.0 Å². The Labute approximate surface area is 97.4 Å². The van der Waals surface area contributed by atoms with Crippen LogP contribution in [0.5, 0.6) is 0 Å². The molecule has 1 N–H and O–H groups in total. The minimum Gasteiger partial charge on any atom is -0.383 e. The van der Waals surface area contributed by atoms with E-state index in [1.54, 1.807) is 7.11 Å². The van der Waals surface area contributed by atoms with Crippen LogP contribution in [0.2, 0.25) is 0 Å². The van der Waals surface area contributed by atoms with Crippen molar-refractivity contribution >= 4 is 5.69 Å². The van der Waals surface area contributed by atoms with Crippen molar-refractivity contribution in [2.75, 3.05) is 39.2 Å². The van der Waals surface area contributed by atoms with Gasteiger partial charge in [0.1, 0.15) is 0 Å². The van der Waals surface area contributed by atoms with E-state index in [0.29, 0.717) is 6.04 Å². The Morgan fingerprint density at radius 3 is 3.00 bits per heavy atom. The van der Waals surface area contributed by atoms with Crippen molar-refractivity contribution < 1.29 is 4.74 Å². The summed E-state index contributed by atoms with van der Waals surface area (Å²) in [5.41, 5.74) is 2.74. The number of methoxy groups -OCH3 is 1. The molecule has 1 aromatic rings. The maximum atomic E-state index is 5.08. The highest BCUT2D eigenvalue weighted by molar-refractivity contribution is 5.56. The highest BCUT2D eigenvalue weighted by atomic mass is 16.5. The number of para-hydroxylation sites is 1. The van der Waals surface area contributed by atoms with E-state index in [4.69, 9.17) is 4.74 Å². The van der Waals surface area contributed by atoms with Gasteiger partial charge in [0.05, 0.1) is 6.61 Å². The number of likely N-dealkylation sites (N-methyl/N-ethyl adjacent to an activating group) is 1. The van der Waals surface area contributed by atoms with Crippen LogP contribution in [-0.2, 0) is 11.2 Å². The molecule has 0 fully saturated rings. The van der Waals surface area contributed by atoms with Gasteiger partial charge in [-0.25, -0.2) is 0 Å². The van der Waals surface area contributed by atoms with Crippen molar-refractivity contribution in [1.29, 1.82) is 0 Å². The van der Waals surface area contributed by atoms with Crippen LogP contribution in [0.15, 0.2) is 24.3 Å². The molecule has 88 valence electrons. The Morgan fingerprint density at radius 2 is 2.25 bits per heavy atom. The normalized spacial score (nSPS) is 18.6. The number of benzene rings is 1. The molecule has 0 bridgehead atoms. The number of fused-ring (bicyclic) bond motifs is 1. The van der Waals surface area contributed by atoms with E-state index >= 15 is 0 Å². The monoisotopic (exact) mass is 220 g/mol. The molecule has 2 rings (SSSR count). The summed E-state index contributed by atoms with van der Waals surface area (Å²) in [5.74, 6) is 0. The molecular weight excluding hydrogens is 200 g/mol. The molecule has 1 aliphatic rings. The lowest BCUT2D eigenvalue weighted by Gasteiger charge is -2.20. The molecule has 0 radical (unpaired) electrons. The summed E-state index contributed by atoms with van der Waals surface area (Å²) in [4.78, 5) is 2.31. The van der Waals surface area contributed by atoms with Gasteiger partial charge in [-0.2, -0.15) is 0 Å². The Bertz CT molecular complexity index is 315. The van der Waals surface area contributed by atoms with E-state index < -0.39 is 0 Å². The molecule has 0 saturated carbocycles. The largest absolute Gasteiger partial charge is 0.383 e. The van der Waals surface area contributed by atoms with Gasteiger partial charge in [0.15, 0.2) is 0 Å². The fourth-order valence-electron chi connectivity index (χ4n) is 2.20. The maximum absolute atomic E-state index is 5.08. The maximum Gasteiger partial charge on any atom is 0.0589 e. The topological polar surface area (TPSA) is 24.5 Å². The summed E-state index contributed by atoms with van der Waals surface area (Å²) in [5, 5.41) is 3.56. The summed E-state index contributed by atoms with van der Waals surface area (Å²) in [6, 6.07) is 9.10. The second-order valence-electron chi connectivity index (χ2n) is 4.46. The molecule has 16 heavy (non-hydrogen) atoms. The first-order chi connectivity index (χ1) is 7.79. The van der Waals surface area contributed by atoms with E-state index in [0.717, 1.165) is 26.1 Å². The van der Waals surface area contributed by atoms with E-state index in [9.17, 15) is 0 Å². The lowest BCUT2D eigenvalue weighted by Crippen LogP contribution is -2.34. The number of hydrogen-bond acceptors (Lipinski definition) is 3. The Hall–Kier alpha value is -1.06. The fourth-order valence-corrected chi connectivity index (χ4v) is 2.20. The Balaban J connectivity index is 1.82. The van der Waals surface area contributed by atoms with E-state index in [2.05, 4.69) is 41.5 Å². The zero-order valence-corrected chi connectivity index (χ0v) is 10.1. The first-order valence-corrected chi connectivity index (χ1v) is 5.81. The quantitative estimate of drug-likeness (QED) is 0.815. The molecule has 3 heteroatoms. The second-order valence-corrected chi connectivity index (χ2v) is 4.46. The minimum absolute atomic E-state index is 0.541. The van der Waals surface area contributed by atoms with Gasteiger partial charge in [-0.15, -0.1) is 0 Å². The molecule has 1 aromatic carbocycles. The van der Waals surface area contributed by atoms with Crippen LogP contribution >= 0.6 is 0 Å². The third-order valence-corrected chi connectivity index (χ3v) is 3.05. The van der Waals surface area contributed by atoms with Gasteiger partial charge in [0.2, 0.25) is 0 Å². The number of hydrogen-bond donors (Lipinski definition) is 1. The van der Waals surface area contributed by atoms with Crippen molar-refractivity contribution in [1.82, 2.24) is 4.90 Å². The van der Waals surface area contributed by atoms with E-state index in [1.807, 2.05) is 0 Å². The summed E-state index contributed by atoms with van der Waals surface area (Å²) in [6.45, 7) is 2.86. The van der Waals surface area contributed by atoms with Crippen molar-refractivity contribution in [3.8, 4) is 0 Å². The predicted octanol–water partition coefficient (Wildman–Crippen LogP) is 1.60. The van der Waals surface area contributed by atoms with Crippen molar-refractivity contribution in [2.24, 2.45) is 0 Å². The van der Waals surface area contributed by atoms with E-state index in [-0.39, 0.29) is 0 Å². The Kier molecular flexibility index (Phi) is 3.80. The molecular formula is C13H20N2O. The predicted molar refractivity (Wildman–Crippen MR) is 66.9 cm³/mol. The zero-order chi connectivity index (χ0) is 11.4. The van der Waals surface area contributed by atoms with Gasteiger partial charge in [-0.3, -0.25) is 0 Å². The number of nitrogens with one attached hydrogen (secondary N) is 1. The van der Waals surface area contributed by atoms with E-state index in [1.165, 1.54) is 11.3 Å². The first kappa shape index (κ1) is 11.4. The van der Waals surface area contributed by atoms with Gasteiger partial charge in [-0.05, 0) is 25.1 Å². The van der Waals surface area contributed by atoms with Gasteiger partial charge >= 0.3 is 0 Å². The molecule has 0 amide bonds. The molecule has 1 aliphatic heterocycles. The zero-order valence-electron chi connectivity index (χ0n) is 10.1. The van der Waals surface area contributed by atoms with Crippen LogP contribution in [0.3, 0.4) is 0 Å². The lowest BCUT2D eigenvalue weighted by atomic mass is 10.1. The smallest absolute Gasteiger partial charge is 0.0589 e. The summed E-state index contributed by atoms with van der Waals surface area (Å²) in [6.07, 6.45) is 1.13. The highest BCUT2D eigenvalue weighted by Crippen LogP contribution is 2.25. The number of ether oxygens (including phenoxy) is 1. The molecule has 0 aromatic heterocycles. The van der Waals surface area contributed by atoms with Crippen molar-refractivity contribution in [3.05, 3.63) is 29.8 Å². The van der Waals surface area contributed by atoms with Crippen molar-refractivity contribution in [2.45, 2.75) is 12.5 Å². The fraction of sp³-hybridized carbons (Fsp3) is 0.538. The van der Waals surface area contributed by atoms with Gasteiger partial charge in [0, 0.05) is 31.9 Å². The number of rotatable bonds is 5. The molecule has 0 spiro atoms. The average molecular weight is 220 g/mol. The lowest BCUT2D eigenvalue weighted by molar-refractivity contribution is 0.159. The first-order valence-electron chi connectivity index (χ1n) is 5.81.